The quantitative estimate of drug-likeness (QED) is 0.0977. The van der Waals surface area contributed by atoms with E-state index in [1.807, 2.05) is 37.5 Å². The summed E-state index contributed by atoms with van der Waals surface area (Å²) in [6, 6.07) is 13.3. The van der Waals surface area contributed by atoms with Gasteiger partial charge in [0.25, 0.3) is 0 Å². The van der Waals surface area contributed by atoms with Gasteiger partial charge in [-0.1, -0.05) is 57.1 Å². The lowest BCUT2D eigenvalue weighted by Gasteiger charge is -2.31. The van der Waals surface area contributed by atoms with Crippen molar-refractivity contribution in [3.8, 4) is 33.5 Å². The van der Waals surface area contributed by atoms with Crippen LogP contribution < -0.4 is 10.6 Å². The summed E-state index contributed by atoms with van der Waals surface area (Å²) in [5.41, 5.74) is 11.4. The zero-order chi connectivity index (χ0) is 46.0. The summed E-state index contributed by atoms with van der Waals surface area (Å²) >= 11 is 0. The second-order valence-electron chi connectivity index (χ2n) is 19.1. The molecule has 5 heterocycles. The van der Waals surface area contributed by atoms with Crippen LogP contribution in [0, 0.1) is 17.8 Å². The van der Waals surface area contributed by atoms with Gasteiger partial charge in [-0.2, -0.15) is 0 Å². The average Bonchev–Trinajstić information content (AvgIpc) is 4.17. The number of methoxy groups -OCH3 is 2. The van der Waals surface area contributed by atoms with Gasteiger partial charge < -0.3 is 44.4 Å². The monoisotopic (exact) mass is 895 g/mol. The Kier molecular flexibility index (Phi) is 11.3. The molecule has 3 aromatic heterocycles. The second-order valence-corrected chi connectivity index (χ2v) is 19.1. The van der Waals surface area contributed by atoms with Crippen LogP contribution in [0.5, 0.6) is 0 Å². The topological polar surface area (TPSA) is 201 Å². The van der Waals surface area contributed by atoms with E-state index in [9.17, 15) is 19.2 Å². The van der Waals surface area contributed by atoms with Gasteiger partial charge >= 0.3 is 12.2 Å². The molecule has 6 aromatic rings. The lowest BCUT2D eigenvalue weighted by Crippen LogP contribution is -2.51. The van der Waals surface area contributed by atoms with Crippen LogP contribution in [0.1, 0.15) is 107 Å². The SMILES string of the molecule is COC(=O)NC(C(=O)N1CCC[C@H]1c1ncc(-c2ccc(-c3ccc(-c4ccc5nc([C@@H]6CCCN6C(=O)C(NC(=O)OC)C(C)C)[nH]c5c4)c4c3CC3CCC43)c3cnoc23)[nH]1)C(C)C. The van der Waals surface area contributed by atoms with E-state index >= 15 is 0 Å². The van der Waals surface area contributed by atoms with Gasteiger partial charge in [-0.25, -0.2) is 19.6 Å². The maximum Gasteiger partial charge on any atom is 0.407 e. The molecular weight excluding hydrogens is 839 g/mol. The zero-order valence-electron chi connectivity index (χ0n) is 38.3. The van der Waals surface area contributed by atoms with Crippen LogP contribution in [0.25, 0.3) is 55.5 Å². The first-order valence-electron chi connectivity index (χ1n) is 23.3. The highest BCUT2D eigenvalue weighted by Gasteiger charge is 2.43. The normalized spacial score (nSPS) is 21.0. The Hall–Kier alpha value is -6.71. The number of amides is 4. The van der Waals surface area contributed by atoms with Crippen molar-refractivity contribution in [1.82, 2.24) is 45.5 Å². The number of rotatable bonds is 11. The summed E-state index contributed by atoms with van der Waals surface area (Å²) < 4.78 is 15.6. The van der Waals surface area contributed by atoms with E-state index in [-0.39, 0.29) is 35.7 Å². The first kappa shape index (κ1) is 43.2. The van der Waals surface area contributed by atoms with E-state index in [4.69, 9.17) is 24.0 Å². The fraction of sp³-hybridized carbons (Fsp3) is 0.460. The van der Waals surface area contributed by atoms with Crippen LogP contribution in [-0.2, 0) is 25.5 Å². The Labute approximate surface area is 382 Å². The fourth-order valence-corrected chi connectivity index (χ4v) is 11.1. The van der Waals surface area contributed by atoms with Gasteiger partial charge in [0.15, 0.2) is 5.58 Å². The third-order valence-electron chi connectivity index (χ3n) is 14.6. The lowest BCUT2D eigenvalue weighted by atomic mass is 9.73. The van der Waals surface area contributed by atoms with E-state index in [0.29, 0.717) is 36.3 Å². The van der Waals surface area contributed by atoms with Crippen molar-refractivity contribution in [1.29, 1.82) is 0 Å². The number of likely N-dealkylation sites (tertiary alicyclic amines) is 2. The van der Waals surface area contributed by atoms with E-state index in [1.54, 1.807) is 12.4 Å². The van der Waals surface area contributed by atoms with Gasteiger partial charge in [0.1, 0.15) is 23.7 Å². The van der Waals surface area contributed by atoms with Gasteiger partial charge in [-0.05, 0) is 120 Å². The van der Waals surface area contributed by atoms with Crippen LogP contribution in [-0.4, -0.2) is 98.3 Å². The molecule has 0 bridgehead atoms. The minimum atomic E-state index is -0.718. The summed E-state index contributed by atoms with van der Waals surface area (Å²) in [4.78, 5) is 72.4. The van der Waals surface area contributed by atoms with Gasteiger partial charge in [0, 0.05) is 18.7 Å². The predicted molar refractivity (Wildman–Crippen MR) is 247 cm³/mol. The van der Waals surface area contributed by atoms with E-state index in [0.717, 1.165) is 83.2 Å². The molecule has 344 valence electrons. The van der Waals surface area contributed by atoms with Gasteiger partial charge in [-0.15, -0.1) is 0 Å². The number of hydrogen-bond donors (Lipinski definition) is 4. The standard InChI is InChI=1S/C50H57N9O7/c1-25(2)42(56-49(62)64-5)47(60)58-19-7-9-39(58)45-51-24-38(55-45)33-17-16-32(35-23-52-66-44(33)35)31-15-14-30(41-29-13-11-27(29)21-34(31)41)28-12-18-36-37(22-28)54-46(53-36)40-10-8-20-59(40)48(61)43(26(3)4)57-50(63)65-6/h12,14-18,22-27,29,39-40,42-43H,7-11,13,19-21H2,1-6H3,(H,51,55)(H,53,54)(H,56,62)(H,57,63)/t27?,29?,39-,40-,42?,43?/m0/s1. The molecular formula is C50H57N9O7. The van der Waals surface area contributed by atoms with Crippen molar-refractivity contribution >= 4 is 46.0 Å². The van der Waals surface area contributed by atoms with Crippen molar-refractivity contribution < 1.29 is 33.2 Å². The summed E-state index contributed by atoms with van der Waals surface area (Å²) in [5.74, 6) is 1.99. The number of hydrogen-bond acceptors (Lipinski definition) is 10. The highest BCUT2D eigenvalue weighted by molar-refractivity contribution is 6.02. The Bertz CT molecular complexity index is 2860. The van der Waals surface area contributed by atoms with Crippen molar-refractivity contribution in [2.24, 2.45) is 17.8 Å². The molecule has 6 atom stereocenters. The number of carbonyl (C=O) groups is 4. The van der Waals surface area contributed by atoms with Crippen LogP contribution in [0.2, 0.25) is 0 Å². The first-order valence-corrected chi connectivity index (χ1v) is 23.3. The Morgan fingerprint density at radius 2 is 1.38 bits per heavy atom. The lowest BCUT2D eigenvalue weighted by molar-refractivity contribution is -0.136. The largest absolute Gasteiger partial charge is 0.453 e. The number of aromatic amines is 2. The van der Waals surface area contributed by atoms with Crippen LogP contribution in [0.15, 0.2) is 59.4 Å². The number of alkyl carbamates (subject to hydrolysis) is 2. The Morgan fingerprint density at radius 3 is 2.02 bits per heavy atom. The molecule has 3 fully saturated rings. The first-order chi connectivity index (χ1) is 31.9. The molecule has 16 heteroatoms. The van der Waals surface area contributed by atoms with Crippen molar-refractivity contribution in [2.45, 2.75) is 103 Å². The summed E-state index contributed by atoms with van der Waals surface area (Å²) in [7, 11) is 2.59. The fourth-order valence-electron chi connectivity index (χ4n) is 11.1. The second kappa shape index (κ2) is 17.3. The number of nitrogens with one attached hydrogen (secondary N) is 4. The minimum absolute atomic E-state index is 0.115. The van der Waals surface area contributed by atoms with Crippen LogP contribution in [0.4, 0.5) is 9.59 Å². The average molecular weight is 896 g/mol. The van der Waals surface area contributed by atoms with E-state index in [2.05, 4.69) is 68.2 Å². The summed E-state index contributed by atoms with van der Waals surface area (Å²) in [6.07, 6.45) is 8.91. The molecule has 0 radical (unpaired) electrons. The van der Waals surface area contributed by atoms with E-state index in [1.165, 1.54) is 42.9 Å². The molecule has 3 aromatic carbocycles. The molecule has 4 amide bonds. The molecule has 1 saturated carbocycles. The van der Waals surface area contributed by atoms with Crippen molar-refractivity contribution in [3.63, 3.8) is 0 Å². The highest BCUT2D eigenvalue weighted by atomic mass is 16.5. The number of imidazole rings is 2. The van der Waals surface area contributed by atoms with E-state index < -0.39 is 24.3 Å². The number of H-pyrrole nitrogens is 2. The maximum absolute atomic E-state index is 13.8. The van der Waals surface area contributed by atoms with Gasteiger partial charge in [0.2, 0.25) is 11.8 Å². The smallest absolute Gasteiger partial charge is 0.407 e. The summed E-state index contributed by atoms with van der Waals surface area (Å²) in [6.45, 7) is 8.80. The molecule has 0 spiro atoms. The van der Waals surface area contributed by atoms with Crippen molar-refractivity contribution in [2.75, 3.05) is 27.3 Å². The number of nitrogens with zero attached hydrogens (tertiary/aromatic N) is 5. The highest BCUT2D eigenvalue weighted by Crippen LogP contribution is 2.56. The third kappa shape index (κ3) is 7.43. The van der Waals surface area contributed by atoms with Crippen LogP contribution in [0.3, 0.4) is 0 Å². The number of benzene rings is 3. The number of carbonyl (C=O) groups excluding carboxylic acids is 4. The molecule has 10 rings (SSSR count). The zero-order valence-corrected chi connectivity index (χ0v) is 38.3. The molecule has 4 N–H and O–H groups in total. The predicted octanol–water partition coefficient (Wildman–Crippen LogP) is 8.57. The Balaban J connectivity index is 0.934. The molecule has 4 unspecified atom stereocenters. The molecule has 4 aliphatic rings. The van der Waals surface area contributed by atoms with Crippen LogP contribution >= 0.6 is 0 Å². The summed E-state index contributed by atoms with van der Waals surface area (Å²) in [5, 5.41) is 10.7. The minimum Gasteiger partial charge on any atom is -0.453 e. The Morgan fingerprint density at radius 1 is 0.742 bits per heavy atom. The van der Waals surface area contributed by atoms with Gasteiger partial charge in [0.05, 0.1) is 60.8 Å². The molecule has 16 nitrogen and oxygen atoms in total. The molecule has 2 aliphatic carbocycles. The molecule has 2 saturated heterocycles. The van der Waals surface area contributed by atoms with Gasteiger partial charge in [-0.3, -0.25) is 9.59 Å². The molecule has 2 aliphatic heterocycles. The van der Waals surface area contributed by atoms with Crippen molar-refractivity contribution in [3.05, 3.63) is 77.6 Å². The maximum atomic E-state index is 13.8. The number of aromatic nitrogens is 5. The molecule has 66 heavy (non-hydrogen) atoms. The number of fused-ring (bicyclic) bond motifs is 5. The number of ether oxygens (including phenoxy) is 2. The third-order valence-corrected chi connectivity index (χ3v) is 14.6.